The molecule has 0 bridgehead atoms. The summed E-state index contributed by atoms with van der Waals surface area (Å²) in [7, 11) is 0. The van der Waals surface area contributed by atoms with Gasteiger partial charge in [-0.3, -0.25) is 4.79 Å². The van der Waals surface area contributed by atoms with Crippen molar-refractivity contribution in [3.05, 3.63) is 70.8 Å². The maximum absolute atomic E-state index is 13.0. The molecular formula is C23H25NO3. The molecule has 2 aliphatic rings. The summed E-state index contributed by atoms with van der Waals surface area (Å²) in [6, 6.07) is 15.1. The first-order valence-electron chi connectivity index (χ1n) is 9.89. The Kier molecular flexibility index (Phi) is 5.23. The topological polar surface area (TPSA) is 46.6 Å². The van der Waals surface area contributed by atoms with Crippen molar-refractivity contribution in [1.82, 2.24) is 4.90 Å². The van der Waals surface area contributed by atoms with Crippen LogP contribution in [-0.2, 0) is 22.4 Å². The lowest BCUT2D eigenvalue weighted by Crippen LogP contribution is -2.34. The highest BCUT2D eigenvalue weighted by molar-refractivity contribution is 5.93. The van der Waals surface area contributed by atoms with Crippen LogP contribution in [0.15, 0.2) is 48.5 Å². The maximum atomic E-state index is 13.0. The molecule has 1 saturated heterocycles. The van der Waals surface area contributed by atoms with Crippen LogP contribution in [0, 0.1) is 0 Å². The maximum Gasteiger partial charge on any atom is 0.339 e. The Labute approximate surface area is 160 Å². The van der Waals surface area contributed by atoms with E-state index >= 15 is 0 Å². The van der Waals surface area contributed by atoms with Crippen molar-refractivity contribution in [2.24, 2.45) is 0 Å². The van der Waals surface area contributed by atoms with Gasteiger partial charge in [0.05, 0.1) is 5.56 Å². The number of fused-ring (bicyclic) bond motifs is 1. The van der Waals surface area contributed by atoms with E-state index in [0.717, 1.165) is 50.8 Å². The van der Waals surface area contributed by atoms with E-state index in [2.05, 4.69) is 0 Å². The minimum Gasteiger partial charge on any atom is -0.444 e. The zero-order valence-electron chi connectivity index (χ0n) is 15.5. The second-order valence-electron chi connectivity index (χ2n) is 7.42. The van der Waals surface area contributed by atoms with Crippen molar-refractivity contribution in [2.75, 3.05) is 13.1 Å². The Morgan fingerprint density at radius 3 is 2.30 bits per heavy atom. The highest BCUT2D eigenvalue weighted by Crippen LogP contribution is 2.26. The van der Waals surface area contributed by atoms with Gasteiger partial charge >= 0.3 is 5.97 Å². The van der Waals surface area contributed by atoms with Gasteiger partial charge in [0, 0.05) is 18.7 Å². The number of amides is 1. The summed E-state index contributed by atoms with van der Waals surface area (Å²) in [6.45, 7) is 1.47. The van der Waals surface area contributed by atoms with Gasteiger partial charge in [-0.1, -0.05) is 36.4 Å². The van der Waals surface area contributed by atoms with Crippen molar-refractivity contribution in [3.8, 4) is 0 Å². The molecule has 4 heteroatoms. The molecule has 0 aromatic heterocycles. The number of likely N-dealkylation sites (tertiary alicyclic amines) is 1. The second-order valence-corrected chi connectivity index (χ2v) is 7.42. The van der Waals surface area contributed by atoms with Crippen molar-refractivity contribution in [2.45, 2.75) is 44.6 Å². The summed E-state index contributed by atoms with van der Waals surface area (Å²) in [6.07, 6.45) is 5.57. The number of hydrogen-bond donors (Lipinski definition) is 0. The Morgan fingerprint density at radius 2 is 1.56 bits per heavy atom. The summed E-state index contributed by atoms with van der Waals surface area (Å²) in [4.78, 5) is 27.6. The monoisotopic (exact) mass is 363 g/mol. The molecule has 1 fully saturated rings. The lowest BCUT2D eigenvalue weighted by atomic mass is 9.90. The number of carbonyl (C=O) groups is 2. The summed E-state index contributed by atoms with van der Waals surface area (Å²) in [5.74, 6) is -0.546. The van der Waals surface area contributed by atoms with Crippen molar-refractivity contribution >= 4 is 11.9 Å². The average Bonchev–Trinajstić information content (AvgIpc) is 3.26. The smallest absolute Gasteiger partial charge is 0.339 e. The molecule has 1 atom stereocenters. The van der Waals surface area contributed by atoms with E-state index in [-0.39, 0.29) is 5.91 Å². The molecule has 0 saturated carbocycles. The Balaban J connectivity index is 1.57. The lowest BCUT2D eigenvalue weighted by molar-refractivity contribution is -0.140. The molecule has 0 unspecified atom stereocenters. The first-order chi connectivity index (χ1) is 13.2. The second kappa shape index (κ2) is 7.95. The SMILES string of the molecule is O=C(O[C@@H](C(=O)N1CCCC1)c1ccccc1)c1ccc2c(c1)CCCC2. The molecule has 1 amide bonds. The molecular weight excluding hydrogens is 338 g/mol. The number of rotatable bonds is 4. The first kappa shape index (κ1) is 17.8. The van der Waals surface area contributed by atoms with Gasteiger partial charge in [0.2, 0.25) is 6.10 Å². The molecule has 0 N–H and O–H groups in total. The Hall–Kier alpha value is -2.62. The molecule has 2 aromatic rings. The third kappa shape index (κ3) is 3.90. The molecule has 4 rings (SSSR count). The van der Waals surface area contributed by atoms with E-state index in [4.69, 9.17) is 4.74 Å². The highest BCUT2D eigenvalue weighted by Gasteiger charge is 2.31. The van der Waals surface area contributed by atoms with E-state index in [0.29, 0.717) is 5.56 Å². The molecule has 4 nitrogen and oxygen atoms in total. The van der Waals surface area contributed by atoms with Gasteiger partial charge in [-0.15, -0.1) is 0 Å². The summed E-state index contributed by atoms with van der Waals surface area (Å²) >= 11 is 0. The van der Waals surface area contributed by atoms with Crippen LogP contribution in [0.25, 0.3) is 0 Å². The molecule has 27 heavy (non-hydrogen) atoms. The van der Waals surface area contributed by atoms with E-state index in [1.807, 2.05) is 48.5 Å². The Morgan fingerprint density at radius 1 is 0.852 bits per heavy atom. The van der Waals surface area contributed by atoms with Crippen LogP contribution in [0.2, 0.25) is 0 Å². The molecule has 1 aliphatic heterocycles. The minimum atomic E-state index is -0.882. The van der Waals surface area contributed by atoms with Crippen molar-refractivity contribution in [3.63, 3.8) is 0 Å². The quantitative estimate of drug-likeness (QED) is 0.769. The van der Waals surface area contributed by atoms with Crippen LogP contribution in [-0.4, -0.2) is 29.9 Å². The molecule has 2 aromatic carbocycles. The highest BCUT2D eigenvalue weighted by atomic mass is 16.5. The fourth-order valence-electron chi connectivity index (χ4n) is 4.03. The van der Waals surface area contributed by atoms with Gasteiger partial charge in [-0.2, -0.15) is 0 Å². The van der Waals surface area contributed by atoms with Crippen LogP contribution in [0.4, 0.5) is 0 Å². The minimum absolute atomic E-state index is 0.120. The molecule has 140 valence electrons. The predicted molar refractivity (Wildman–Crippen MR) is 103 cm³/mol. The van der Waals surface area contributed by atoms with Crippen LogP contribution in [0.5, 0.6) is 0 Å². The van der Waals surface area contributed by atoms with E-state index < -0.39 is 12.1 Å². The largest absolute Gasteiger partial charge is 0.444 e. The van der Waals surface area contributed by atoms with E-state index in [9.17, 15) is 9.59 Å². The Bertz CT molecular complexity index is 825. The number of hydrogen-bond acceptors (Lipinski definition) is 3. The van der Waals surface area contributed by atoms with Gasteiger partial charge in [0.15, 0.2) is 0 Å². The number of nitrogens with zero attached hydrogens (tertiary/aromatic N) is 1. The van der Waals surface area contributed by atoms with Gasteiger partial charge in [-0.05, 0) is 61.8 Å². The number of ether oxygens (including phenoxy) is 1. The predicted octanol–water partition coefficient (Wildman–Crippen LogP) is 4.09. The number of aryl methyl sites for hydroxylation is 2. The van der Waals surface area contributed by atoms with E-state index in [1.165, 1.54) is 17.5 Å². The summed E-state index contributed by atoms with van der Waals surface area (Å²) < 4.78 is 5.76. The number of benzene rings is 2. The van der Waals surface area contributed by atoms with Crippen molar-refractivity contribution < 1.29 is 14.3 Å². The fraction of sp³-hybridized carbons (Fsp3) is 0.391. The zero-order chi connectivity index (χ0) is 18.6. The summed E-state index contributed by atoms with van der Waals surface area (Å²) in [5.41, 5.74) is 3.81. The lowest BCUT2D eigenvalue weighted by Gasteiger charge is -2.24. The fourth-order valence-corrected chi connectivity index (χ4v) is 4.03. The average molecular weight is 363 g/mol. The standard InChI is InChI=1S/C23H25NO3/c25-22(24-14-6-7-15-24)21(18-9-2-1-3-10-18)27-23(26)20-13-12-17-8-4-5-11-19(17)16-20/h1-3,9-10,12-13,16,21H,4-8,11,14-15H2/t21-/m1/s1. The third-order valence-corrected chi connectivity index (χ3v) is 5.55. The van der Waals surface area contributed by atoms with Crippen LogP contribution in [0.1, 0.15) is 58.8 Å². The third-order valence-electron chi connectivity index (χ3n) is 5.55. The van der Waals surface area contributed by atoms with Gasteiger partial charge in [0.25, 0.3) is 5.91 Å². The van der Waals surface area contributed by atoms with Crippen LogP contribution in [0.3, 0.4) is 0 Å². The van der Waals surface area contributed by atoms with Gasteiger partial charge in [0.1, 0.15) is 0 Å². The van der Waals surface area contributed by atoms with Crippen LogP contribution >= 0.6 is 0 Å². The molecule has 0 spiro atoms. The number of esters is 1. The van der Waals surface area contributed by atoms with Gasteiger partial charge in [-0.25, -0.2) is 4.79 Å². The normalized spacial score (nSPS) is 17.3. The summed E-state index contributed by atoms with van der Waals surface area (Å²) in [5, 5.41) is 0. The first-order valence-corrected chi connectivity index (χ1v) is 9.89. The molecule has 1 heterocycles. The van der Waals surface area contributed by atoms with Crippen LogP contribution < -0.4 is 0 Å². The number of carbonyl (C=O) groups excluding carboxylic acids is 2. The molecule has 1 aliphatic carbocycles. The zero-order valence-corrected chi connectivity index (χ0v) is 15.5. The van der Waals surface area contributed by atoms with Gasteiger partial charge < -0.3 is 9.64 Å². The van der Waals surface area contributed by atoms with E-state index in [1.54, 1.807) is 4.90 Å². The van der Waals surface area contributed by atoms with Crippen molar-refractivity contribution in [1.29, 1.82) is 0 Å². The molecule has 0 radical (unpaired) electrons.